The molecule has 2 N–H and O–H groups in total. The van der Waals surface area contributed by atoms with E-state index in [1.807, 2.05) is 34.6 Å². The highest BCUT2D eigenvalue weighted by Crippen LogP contribution is 2.44. The van der Waals surface area contributed by atoms with Crippen LogP contribution in [0.3, 0.4) is 0 Å². The van der Waals surface area contributed by atoms with Crippen LogP contribution < -0.4 is 5.32 Å². The number of Topliss-reactive ketones (excluding diaryl/α,β-unsaturated/α-hetero) is 3. The monoisotopic (exact) mass is 624 g/mol. The fourth-order valence-electron chi connectivity index (χ4n) is 7.39. The highest BCUT2D eigenvalue weighted by atomic mass is 16.3. The maximum atomic E-state index is 14.3. The number of aliphatic hydroxyl groups excluding tert-OH is 1. The summed E-state index contributed by atoms with van der Waals surface area (Å²) in [5.74, 6) is -2.18. The third kappa shape index (κ3) is 8.63. The number of nitrogens with one attached hydrogen (secondary N) is 1. The number of hydrogen-bond donors (Lipinski definition) is 2. The first kappa shape index (κ1) is 34.9. The quantitative estimate of drug-likeness (QED) is 0.245. The van der Waals surface area contributed by atoms with E-state index in [1.54, 1.807) is 4.90 Å². The fourth-order valence-corrected chi connectivity index (χ4v) is 7.39. The molecule has 1 aromatic heterocycles. The molecule has 248 valence electrons. The summed E-state index contributed by atoms with van der Waals surface area (Å²) >= 11 is 0. The summed E-state index contributed by atoms with van der Waals surface area (Å²) in [5.41, 5.74) is 0.193. The number of fused-ring (bicyclic) bond motifs is 1. The van der Waals surface area contributed by atoms with Crippen molar-refractivity contribution >= 4 is 29.2 Å². The van der Waals surface area contributed by atoms with Gasteiger partial charge < -0.3 is 15.3 Å². The fraction of sp³-hybridized carbons (Fsp3) is 0.743. The van der Waals surface area contributed by atoms with Gasteiger partial charge in [-0.25, -0.2) is 4.98 Å². The molecule has 3 aliphatic rings. The van der Waals surface area contributed by atoms with Gasteiger partial charge in [-0.3, -0.25) is 29.0 Å². The molecule has 2 heterocycles. The lowest BCUT2D eigenvalue weighted by Gasteiger charge is -2.34. The van der Waals surface area contributed by atoms with Crippen LogP contribution in [-0.4, -0.2) is 73.9 Å². The minimum Gasteiger partial charge on any atom is -0.385 e. The van der Waals surface area contributed by atoms with Crippen LogP contribution in [0.15, 0.2) is 18.6 Å². The highest BCUT2D eigenvalue weighted by Gasteiger charge is 2.51. The molecule has 10 nitrogen and oxygen atoms in total. The Bertz CT molecular complexity index is 1220. The van der Waals surface area contributed by atoms with E-state index < -0.39 is 30.0 Å². The molecule has 1 aromatic rings. The molecule has 45 heavy (non-hydrogen) atoms. The average Bonchev–Trinajstić information content (AvgIpc) is 3.57. The number of ketones is 3. The summed E-state index contributed by atoms with van der Waals surface area (Å²) in [4.78, 5) is 77.4. The number of aromatic nitrogens is 2. The van der Waals surface area contributed by atoms with Crippen molar-refractivity contribution in [1.82, 2.24) is 20.2 Å². The van der Waals surface area contributed by atoms with Crippen LogP contribution in [0.1, 0.15) is 109 Å². The molecule has 1 aliphatic heterocycles. The van der Waals surface area contributed by atoms with Gasteiger partial charge in [0, 0.05) is 44.1 Å². The molecule has 0 radical (unpaired) electrons. The third-order valence-corrected chi connectivity index (χ3v) is 10.2. The van der Waals surface area contributed by atoms with Gasteiger partial charge in [-0.2, -0.15) is 0 Å². The highest BCUT2D eigenvalue weighted by molar-refractivity contribution is 5.98. The Morgan fingerprint density at radius 2 is 1.73 bits per heavy atom. The molecule has 0 spiro atoms. The second-order valence-electron chi connectivity index (χ2n) is 14.4. The van der Waals surface area contributed by atoms with Crippen molar-refractivity contribution in [3.63, 3.8) is 0 Å². The van der Waals surface area contributed by atoms with Gasteiger partial charge in [0.1, 0.15) is 17.8 Å². The Labute approximate surface area is 267 Å². The zero-order valence-electron chi connectivity index (χ0n) is 27.6. The molecule has 3 fully saturated rings. The van der Waals surface area contributed by atoms with Gasteiger partial charge in [0.15, 0.2) is 17.3 Å². The van der Waals surface area contributed by atoms with Gasteiger partial charge in [0.25, 0.3) is 0 Å². The lowest BCUT2D eigenvalue weighted by atomic mass is 9.83. The van der Waals surface area contributed by atoms with Crippen LogP contribution in [0.5, 0.6) is 0 Å². The maximum absolute atomic E-state index is 14.3. The van der Waals surface area contributed by atoms with E-state index in [2.05, 4.69) is 15.3 Å². The second kappa shape index (κ2) is 15.5. The first-order chi connectivity index (χ1) is 21.4. The summed E-state index contributed by atoms with van der Waals surface area (Å²) in [6.45, 7) is 9.91. The summed E-state index contributed by atoms with van der Waals surface area (Å²) < 4.78 is 0. The minimum atomic E-state index is -1.17. The SMILES string of the molecule is CCCC(CC(=O)C1[C@H]2CCC[C@H]2CN1C(=O)[C@@H](NC(=O)[C@H](CC(=O)c1cnccn1)C(C)C)C(C)C)C(O)C(=O)CC1CC1. The van der Waals surface area contributed by atoms with Crippen molar-refractivity contribution in [3.05, 3.63) is 24.3 Å². The molecule has 2 aliphatic carbocycles. The standard InChI is InChI=1S/C35H52N4O6/c1-6-8-23(33(43)30(42)15-22-11-12-22)16-29(41)32-25-10-7-9-24(25)19-39(32)35(45)31(21(4)5)38-34(44)26(20(2)3)17-28(40)27-18-36-13-14-37-27/h13-14,18,20-26,31-33,43H,6-12,15-17,19H2,1-5H3,(H,38,44)/t23?,24-,25-,26+,31-,32?,33?/m0/s1. The number of amides is 2. The number of likely N-dealkylation sites (tertiary alicyclic amines) is 1. The number of carbonyl (C=O) groups is 5. The second-order valence-corrected chi connectivity index (χ2v) is 14.4. The first-order valence-electron chi connectivity index (χ1n) is 17.1. The number of rotatable bonds is 17. The zero-order valence-corrected chi connectivity index (χ0v) is 27.6. The zero-order chi connectivity index (χ0) is 32.8. The molecule has 10 heteroatoms. The van der Waals surface area contributed by atoms with E-state index in [0.717, 1.165) is 38.5 Å². The van der Waals surface area contributed by atoms with Crippen molar-refractivity contribution < 1.29 is 29.1 Å². The predicted octanol–water partition coefficient (Wildman–Crippen LogP) is 4.20. The summed E-state index contributed by atoms with van der Waals surface area (Å²) in [6.07, 6.45) is 9.62. The summed E-state index contributed by atoms with van der Waals surface area (Å²) in [7, 11) is 0. The van der Waals surface area contributed by atoms with Crippen LogP contribution in [0, 0.1) is 41.4 Å². The smallest absolute Gasteiger partial charge is 0.246 e. The van der Waals surface area contributed by atoms with Crippen LogP contribution >= 0.6 is 0 Å². The van der Waals surface area contributed by atoms with Gasteiger partial charge in [-0.05, 0) is 67.6 Å². The summed E-state index contributed by atoms with van der Waals surface area (Å²) in [6, 6.07) is -1.50. The molecule has 2 amide bonds. The maximum Gasteiger partial charge on any atom is 0.246 e. The largest absolute Gasteiger partial charge is 0.385 e. The van der Waals surface area contributed by atoms with Crippen molar-refractivity contribution in [2.75, 3.05) is 6.54 Å². The number of aliphatic hydroxyl groups is 1. The van der Waals surface area contributed by atoms with Gasteiger partial charge in [0.05, 0.1) is 12.2 Å². The Kier molecular flexibility index (Phi) is 12.0. The Morgan fingerprint density at radius 1 is 1.00 bits per heavy atom. The Hall–Kier alpha value is -3.01. The molecule has 1 saturated heterocycles. The first-order valence-corrected chi connectivity index (χ1v) is 17.1. The Balaban J connectivity index is 1.49. The molecular weight excluding hydrogens is 572 g/mol. The molecule has 3 unspecified atom stereocenters. The Morgan fingerprint density at radius 3 is 2.33 bits per heavy atom. The molecule has 7 atom stereocenters. The van der Waals surface area contributed by atoms with Crippen LogP contribution in [-0.2, 0) is 19.2 Å². The van der Waals surface area contributed by atoms with Crippen molar-refractivity contribution in [1.29, 1.82) is 0 Å². The topological polar surface area (TPSA) is 147 Å². The lowest BCUT2D eigenvalue weighted by molar-refractivity contribution is -0.144. The average molecular weight is 625 g/mol. The molecule has 0 bridgehead atoms. The lowest BCUT2D eigenvalue weighted by Crippen LogP contribution is -2.56. The van der Waals surface area contributed by atoms with E-state index in [9.17, 15) is 29.1 Å². The normalized spacial score (nSPS) is 23.8. The molecule has 0 aromatic carbocycles. The van der Waals surface area contributed by atoms with Gasteiger partial charge in [-0.1, -0.05) is 47.5 Å². The van der Waals surface area contributed by atoms with E-state index in [1.165, 1.54) is 18.6 Å². The van der Waals surface area contributed by atoms with E-state index >= 15 is 0 Å². The van der Waals surface area contributed by atoms with Gasteiger partial charge in [0.2, 0.25) is 11.8 Å². The van der Waals surface area contributed by atoms with Crippen LogP contribution in [0.25, 0.3) is 0 Å². The minimum absolute atomic E-state index is 0.0413. The number of hydrogen-bond acceptors (Lipinski definition) is 8. The van der Waals surface area contributed by atoms with Gasteiger partial charge >= 0.3 is 0 Å². The van der Waals surface area contributed by atoms with Crippen molar-refractivity contribution in [2.24, 2.45) is 41.4 Å². The number of nitrogens with zero attached hydrogens (tertiary/aromatic N) is 3. The van der Waals surface area contributed by atoms with E-state index in [4.69, 9.17) is 0 Å². The molecule has 4 rings (SSSR count). The third-order valence-electron chi connectivity index (χ3n) is 10.2. The van der Waals surface area contributed by atoms with Crippen LogP contribution in [0.2, 0.25) is 0 Å². The van der Waals surface area contributed by atoms with Gasteiger partial charge in [-0.15, -0.1) is 0 Å². The van der Waals surface area contributed by atoms with E-state index in [0.29, 0.717) is 25.3 Å². The summed E-state index contributed by atoms with van der Waals surface area (Å²) in [5, 5.41) is 13.9. The molecular formula is C35H52N4O6. The predicted molar refractivity (Wildman–Crippen MR) is 169 cm³/mol. The van der Waals surface area contributed by atoms with Crippen LogP contribution in [0.4, 0.5) is 0 Å². The van der Waals surface area contributed by atoms with Crippen molar-refractivity contribution in [2.45, 2.75) is 117 Å². The van der Waals surface area contributed by atoms with Crippen molar-refractivity contribution in [3.8, 4) is 0 Å². The number of carbonyl (C=O) groups excluding carboxylic acids is 5. The van der Waals surface area contributed by atoms with E-state index in [-0.39, 0.29) is 71.4 Å². The molecule has 2 saturated carbocycles.